The summed E-state index contributed by atoms with van der Waals surface area (Å²) in [6.45, 7) is 5.68. The van der Waals surface area contributed by atoms with Crippen molar-refractivity contribution in [2.24, 2.45) is 11.8 Å². The number of hydrogen-bond donors (Lipinski definition) is 1. The number of fused-ring (bicyclic) bond motifs is 1. The van der Waals surface area contributed by atoms with Crippen molar-refractivity contribution in [2.75, 3.05) is 26.3 Å². The first-order valence-corrected chi connectivity index (χ1v) is 8.36. The monoisotopic (exact) mass is 280 g/mol. The number of rotatable bonds is 2. The topological polar surface area (TPSA) is 41.6 Å². The summed E-state index contributed by atoms with van der Waals surface area (Å²) in [5, 5.41) is 3.40. The number of carbonyl (C=O) groups is 1. The Kier molecular flexibility index (Phi) is 4.61. The van der Waals surface area contributed by atoms with Crippen LogP contribution < -0.4 is 5.32 Å². The summed E-state index contributed by atoms with van der Waals surface area (Å²) in [7, 11) is 0. The van der Waals surface area contributed by atoms with E-state index in [-0.39, 0.29) is 6.04 Å². The Hall–Kier alpha value is -0.610. The van der Waals surface area contributed by atoms with E-state index in [4.69, 9.17) is 4.74 Å². The Labute approximate surface area is 122 Å². The van der Waals surface area contributed by atoms with Gasteiger partial charge in [-0.1, -0.05) is 19.8 Å². The number of morpholine rings is 1. The van der Waals surface area contributed by atoms with Crippen LogP contribution in [0.15, 0.2) is 0 Å². The first-order valence-electron chi connectivity index (χ1n) is 8.36. The molecule has 1 aliphatic carbocycles. The molecule has 3 fully saturated rings. The molecule has 3 rings (SSSR count). The second-order valence-electron chi connectivity index (χ2n) is 6.80. The van der Waals surface area contributed by atoms with Crippen molar-refractivity contribution in [3.05, 3.63) is 0 Å². The lowest BCUT2D eigenvalue weighted by Crippen LogP contribution is -2.54. The summed E-state index contributed by atoms with van der Waals surface area (Å²) >= 11 is 0. The van der Waals surface area contributed by atoms with E-state index in [1.54, 1.807) is 0 Å². The molecular weight excluding hydrogens is 252 g/mol. The van der Waals surface area contributed by atoms with Crippen molar-refractivity contribution in [3.8, 4) is 0 Å². The van der Waals surface area contributed by atoms with Gasteiger partial charge in [-0.15, -0.1) is 0 Å². The van der Waals surface area contributed by atoms with Crippen molar-refractivity contribution >= 4 is 5.91 Å². The highest BCUT2D eigenvalue weighted by molar-refractivity contribution is 5.77. The Bertz CT molecular complexity index is 341. The van der Waals surface area contributed by atoms with E-state index < -0.39 is 0 Å². The molecule has 0 aromatic carbocycles. The van der Waals surface area contributed by atoms with Crippen molar-refractivity contribution in [2.45, 2.75) is 57.5 Å². The van der Waals surface area contributed by atoms with Gasteiger partial charge < -0.3 is 15.0 Å². The van der Waals surface area contributed by atoms with Crippen LogP contribution in [0.2, 0.25) is 0 Å². The minimum absolute atomic E-state index is 0.220. The van der Waals surface area contributed by atoms with Crippen LogP contribution in [-0.4, -0.2) is 49.2 Å². The lowest BCUT2D eigenvalue weighted by atomic mass is 9.72. The van der Waals surface area contributed by atoms with Gasteiger partial charge in [0.15, 0.2) is 0 Å². The number of ether oxygens (including phenoxy) is 1. The maximum absolute atomic E-state index is 12.7. The molecule has 0 radical (unpaired) electrons. The quantitative estimate of drug-likeness (QED) is 0.838. The van der Waals surface area contributed by atoms with Gasteiger partial charge in [-0.2, -0.15) is 0 Å². The van der Waals surface area contributed by atoms with E-state index in [2.05, 4.69) is 17.1 Å². The number of likely N-dealkylation sites (tertiary alicyclic amines) is 1. The number of nitrogens with one attached hydrogen (secondary N) is 1. The molecule has 2 aliphatic heterocycles. The zero-order chi connectivity index (χ0) is 13.9. The second kappa shape index (κ2) is 6.44. The Morgan fingerprint density at radius 3 is 2.95 bits per heavy atom. The van der Waals surface area contributed by atoms with Crippen molar-refractivity contribution in [1.29, 1.82) is 0 Å². The fourth-order valence-electron chi connectivity index (χ4n) is 4.30. The molecule has 2 saturated heterocycles. The van der Waals surface area contributed by atoms with Crippen LogP contribution in [-0.2, 0) is 9.53 Å². The minimum Gasteiger partial charge on any atom is -0.378 e. The third-order valence-electron chi connectivity index (χ3n) is 5.48. The summed E-state index contributed by atoms with van der Waals surface area (Å²) in [6.07, 6.45) is 6.98. The Morgan fingerprint density at radius 1 is 1.30 bits per heavy atom. The third kappa shape index (κ3) is 3.01. The van der Waals surface area contributed by atoms with Gasteiger partial charge in [0.05, 0.1) is 13.2 Å². The van der Waals surface area contributed by atoms with Crippen LogP contribution in [0.25, 0.3) is 0 Å². The van der Waals surface area contributed by atoms with Gasteiger partial charge in [-0.05, 0) is 31.1 Å². The molecule has 20 heavy (non-hydrogen) atoms. The maximum Gasteiger partial charge on any atom is 0.224 e. The van der Waals surface area contributed by atoms with Gasteiger partial charge >= 0.3 is 0 Å². The third-order valence-corrected chi connectivity index (χ3v) is 5.48. The molecule has 0 aromatic heterocycles. The molecule has 4 unspecified atom stereocenters. The predicted octanol–water partition coefficient (Wildman–Crippen LogP) is 1.79. The van der Waals surface area contributed by atoms with Gasteiger partial charge in [0.25, 0.3) is 0 Å². The van der Waals surface area contributed by atoms with Crippen molar-refractivity contribution < 1.29 is 9.53 Å². The average molecular weight is 280 g/mol. The van der Waals surface area contributed by atoms with Gasteiger partial charge in [0.1, 0.15) is 0 Å². The molecule has 0 bridgehead atoms. The lowest BCUT2D eigenvalue weighted by molar-refractivity contribution is -0.140. The smallest absolute Gasteiger partial charge is 0.224 e. The second-order valence-corrected chi connectivity index (χ2v) is 6.80. The SMILES string of the molecule is CC1CCN(C(=O)CC2COCCN2)C2CCCCC12. The largest absolute Gasteiger partial charge is 0.378 e. The molecule has 1 saturated carbocycles. The lowest BCUT2D eigenvalue weighted by Gasteiger charge is -2.47. The number of amides is 1. The zero-order valence-electron chi connectivity index (χ0n) is 12.6. The fraction of sp³-hybridized carbons (Fsp3) is 0.938. The highest BCUT2D eigenvalue weighted by Crippen LogP contribution is 2.39. The average Bonchev–Trinajstić information content (AvgIpc) is 2.49. The summed E-state index contributed by atoms with van der Waals surface area (Å²) in [6, 6.07) is 0.738. The molecule has 2 heterocycles. The van der Waals surface area contributed by atoms with E-state index >= 15 is 0 Å². The van der Waals surface area contributed by atoms with Gasteiger partial charge in [0, 0.05) is 31.6 Å². The van der Waals surface area contributed by atoms with Crippen molar-refractivity contribution in [3.63, 3.8) is 0 Å². The molecule has 114 valence electrons. The first kappa shape index (κ1) is 14.3. The van der Waals surface area contributed by atoms with Crippen LogP contribution in [0.4, 0.5) is 0 Å². The highest BCUT2D eigenvalue weighted by Gasteiger charge is 2.39. The van der Waals surface area contributed by atoms with Crippen LogP contribution in [0.1, 0.15) is 45.4 Å². The van der Waals surface area contributed by atoms with E-state index in [0.717, 1.165) is 31.5 Å². The molecule has 0 spiro atoms. The van der Waals surface area contributed by atoms with Crippen LogP contribution in [0, 0.1) is 11.8 Å². The Balaban J connectivity index is 1.61. The standard InChI is InChI=1S/C16H28N2O2/c1-12-6-8-18(15-5-3-2-4-14(12)15)16(19)10-13-11-20-9-7-17-13/h12-15,17H,2-11H2,1H3. The summed E-state index contributed by atoms with van der Waals surface area (Å²) in [5.74, 6) is 1.88. The highest BCUT2D eigenvalue weighted by atomic mass is 16.5. The van der Waals surface area contributed by atoms with E-state index in [9.17, 15) is 4.79 Å². The first-order chi connectivity index (χ1) is 9.75. The van der Waals surface area contributed by atoms with Crippen molar-refractivity contribution in [1.82, 2.24) is 10.2 Å². The minimum atomic E-state index is 0.220. The van der Waals surface area contributed by atoms with Gasteiger partial charge in [-0.25, -0.2) is 0 Å². The molecule has 0 aromatic rings. The molecule has 4 heteroatoms. The Morgan fingerprint density at radius 2 is 2.15 bits per heavy atom. The molecule has 4 nitrogen and oxygen atoms in total. The van der Waals surface area contributed by atoms with Crippen LogP contribution in [0.3, 0.4) is 0 Å². The van der Waals surface area contributed by atoms with Crippen LogP contribution in [0.5, 0.6) is 0 Å². The normalized spacial score (nSPS) is 38.4. The van der Waals surface area contributed by atoms with E-state index in [1.165, 1.54) is 32.1 Å². The van der Waals surface area contributed by atoms with Crippen LogP contribution >= 0.6 is 0 Å². The molecular formula is C16H28N2O2. The number of piperidine rings is 1. The van der Waals surface area contributed by atoms with Gasteiger partial charge in [0.2, 0.25) is 5.91 Å². The molecule has 1 amide bonds. The predicted molar refractivity (Wildman–Crippen MR) is 78.5 cm³/mol. The van der Waals surface area contributed by atoms with E-state index in [0.29, 0.717) is 25.0 Å². The summed E-state index contributed by atoms with van der Waals surface area (Å²) in [4.78, 5) is 14.9. The number of hydrogen-bond acceptors (Lipinski definition) is 3. The maximum atomic E-state index is 12.7. The molecule has 1 N–H and O–H groups in total. The van der Waals surface area contributed by atoms with Gasteiger partial charge in [-0.3, -0.25) is 4.79 Å². The fourth-order valence-corrected chi connectivity index (χ4v) is 4.30. The zero-order valence-corrected chi connectivity index (χ0v) is 12.6. The molecule has 3 aliphatic rings. The number of carbonyl (C=O) groups excluding carboxylic acids is 1. The number of nitrogens with zero attached hydrogens (tertiary/aromatic N) is 1. The van der Waals surface area contributed by atoms with E-state index in [1.807, 2.05) is 0 Å². The molecule has 4 atom stereocenters. The summed E-state index contributed by atoms with van der Waals surface area (Å²) < 4.78 is 5.46. The summed E-state index contributed by atoms with van der Waals surface area (Å²) in [5.41, 5.74) is 0.